The number of piperidine rings is 1. The second kappa shape index (κ2) is 6.84. The highest BCUT2D eigenvalue weighted by molar-refractivity contribution is 5.87. The van der Waals surface area contributed by atoms with E-state index in [1.165, 1.54) is 23.8 Å². The van der Waals surface area contributed by atoms with Gasteiger partial charge < -0.3 is 24.4 Å². The third kappa shape index (κ3) is 3.81. The average molecular weight is 328 g/mol. The lowest BCUT2D eigenvalue weighted by Gasteiger charge is -2.43. The molecule has 0 aliphatic carbocycles. The molecule has 2 aliphatic heterocycles. The molecule has 1 N–H and O–H groups in total. The Morgan fingerprint density at radius 3 is 2.57 bits per heavy atom. The Balaban J connectivity index is 2.11. The maximum absolute atomic E-state index is 12.8. The van der Waals surface area contributed by atoms with Gasteiger partial charge in [0.15, 0.2) is 11.7 Å². The predicted molar refractivity (Wildman–Crippen MR) is 79.4 cm³/mol. The van der Waals surface area contributed by atoms with Gasteiger partial charge in [-0.15, -0.1) is 0 Å². The summed E-state index contributed by atoms with van der Waals surface area (Å²) in [5.74, 6) is -1.18. The molecule has 0 bridgehead atoms. The zero-order chi connectivity index (χ0) is 17.2. The predicted octanol–water partition coefficient (Wildman–Crippen LogP) is -0.851. The van der Waals surface area contributed by atoms with Crippen LogP contribution in [0, 0.1) is 0 Å². The first-order chi connectivity index (χ1) is 10.8. The summed E-state index contributed by atoms with van der Waals surface area (Å²) in [7, 11) is 1.26. The fourth-order valence-corrected chi connectivity index (χ4v) is 3.15. The number of hydrogen-bond donors (Lipinski definition) is 1. The largest absolute Gasteiger partial charge is 0.467 e. The normalized spacial score (nSPS) is 31.7. The lowest BCUT2D eigenvalue weighted by molar-refractivity contribution is -0.179. The monoisotopic (exact) mass is 328 g/mol. The molecule has 8 heteroatoms. The van der Waals surface area contributed by atoms with Crippen LogP contribution in [0.25, 0.3) is 0 Å². The Morgan fingerprint density at radius 1 is 1.26 bits per heavy atom. The Morgan fingerprint density at radius 2 is 1.96 bits per heavy atom. The van der Waals surface area contributed by atoms with Crippen molar-refractivity contribution in [2.24, 2.45) is 0 Å². The molecule has 3 atom stereocenters. The van der Waals surface area contributed by atoms with Crippen LogP contribution in [0.4, 0.5) is 0 Å². The van der Waals surface area contributed by atoms with E-state index < -0.39 is 23.6 Å². The maximum atomic E-state index is 12.8. The van der Waals surface area contributed by atoms with E-state index in [9.17, 15) is 19.5 Å². The van der Waals surface area contributed by atoms with Crippen molar-refractivity contribution in [1.82, 2.24) is 9.80 Å². The topological polar surface area (TPSA) is 96.4 Å². The van der Waals surface area contributed by atoms with E-state index >= 15 is 0 Å². The highest BCUT2D eigenvalue weighted by Crippen LogP contribution is 2.25. The van der Waals surface area contributed by atoms with E-state index in [4.69, 9.17) is 4.74 Å². The van der Waals surface area contributed by atoms with Crippen molar-refractivity contribution in [3.05, 3.63) is 0 Å². The van der Waals surface area contributed by atoms with E-state index in [0.717, 1.165) is 0 Å². The molecule has 8 nitrogen and oxygen atoms in total. The number of aliphatic hydroxyl groups is 1. The highest BCUT2D eigenvalue weighted by atomic mass is 16.6. The summed E-state index contributed by atoms with van der Waals surface area (Å²) >= 11 is 0. The first-order valence-electron chi connectivity index (χ1n) is 7.77. The molecule has 2 amide bonds. The van der Waals surface area contributed by atoms with Gasteiger partial charge in [-0.3, -0.25) is 9.59 Å². The van der Waals surface area contributed by atoms with Crippen LogP contribution >= 0.6 is 0 Å². The first-order valence-corrected chi connectivity index (χ1v) is 7.77. The summed E-state index contributed by atoms with van der Waals surface area (Å²) in [5.41, 5.74) is -1.61. The zero-order valence-electron chi connectivity index (χ0n) is 13.8. The molecule has 2 aliphatic rings. The molecular weight excluding hydrogens is 304 g/mol. The number of hydrogen-bond acceptors (Lipinski definition) is 6. The molecule has 23 heavy (non-hydrogen) atoms. The first kappa shape index (κ1) is 17.7. The number of methoxy groups -OCH3 is 1. The van der Waals surface area contributed by atoms with Gasteiger partial charge in [-0.1, -0.05) is 0 Å². The van der Waals surface area contributed by atoms with Crippen LogP contribution < -0.4 is 0 Å². The third-order valence-corrected chi connectivity index (χ3v) is 4.33. The molecule has 0 radical (unpaired) electrons. The summed E-state index contributed by atoms with van der Waals surface area (Å²) in [5, 5.41) is 10.7. The van der Waals surface area contributed by atoms with Gasteiger partial charge in [0.25, 0.3) is 5.91 Å². The number of likely N-dealkylation sites (tertiary alicyclic amines) is 1. The number of rotatable bonds is 2. The number of carbonyl (C=O) groups is 3. The summed E-state index contributed by atoms with van der Waals surface area (Å²) in [6, 6.07) is 0. The van der Waals surface area contributed by atoms with Crippen LogP contribution in [-0.4, -0.2) is 83.8 Å². The number of carbonyl (C=O) groups excluding carboxylic acids is 3. The van der Waals surface area contributed by atoms with Crippen LogP contribution in [0.5, 0.6) is 0 Å². The maximum Gasteiger partial charge on any atom is 0.336 e. The third-order valence-electron chi connectivity index (χ3n) is 4.33. The van der Waals surface area contributed by atoms with E-state index in [-0.39, 0.29) is 31.6 Å². The van der Waals surface area contributed by atoms with Gasteiger partial charge >= 0.3 is 5.97 Å². The zero-order valence-corrected chi connectivity index (χ0v) is 13.8. The molecule has 2 heterocycles. The fraction of sp³-hybridized carbons (Fsp3) is 0.800. The SMILES string of the molecule is COC(=O)[C@@H]1CN(C(=O)C2(O)CCCN(C(C)=O)C2)C[C@@H](C)O1. The van der Waals surface area contributed by atoms with Gasteiger partial charge in [-0.05, 0) is 19.8 Å². The lowest BCUT2D eigenvalue weighted by atomic mass is 9.90. The highest BCUT2D eigenvalue weighted by Gasteiger charge is 2.46. The molecule has 2 rings (SSSR count). The fourth-order valence-electron chi connectivity index (χ4n) is 3.15. The van der Waals surface area contributed by atoms with Crippen LogP contribution in [-0.2, 0) is 23.9 Å². The van der Waals surface area contributed by atoms with Gasteiger partial charge in [-0.2, -0.15) is 0 Å². The second-order valence-corrected chi connectivity index (χ2v) is 6.24. The quantitative estimate of drug-likeness (QED) is 0.663. The van der Waals surface area contributed by atoms with Crippen molar-refractivity contribution in [2.45, 2.75) is 44.5 Å². The Kier molecular flexibility index (Phi) is 5.26. The molecule has 2 saturated heterocycles. The van der Waals surface area contributed by atoms with Crippen LogP contribution in [0.1, 0.15) is 26.7 Å². The minimum Gasteiger partial charge on any atom is -0.467 e. The molecular formula is C15H24N2O6. The molecule has 0 aromatic carbocycles. The summed E-state index contributed by atoms with van der Waals surface area (Å²) in [4.78, 5) is 38.9. The molecule has 2 fully saturated rings. The van der Waals surface area contributed by atoms with Gasteiger partial charge in [-0.25, -0.2) is 4.79 Å². The van der Waals surface area contributed by atoms with Gasteiger partial charge in [0.2, 0.25) is 5.91 Å². The van der Waals surface area contributed by atoms with E-state index in [2.05, 4.69) is 4.74 Å². The number of β-amino-alcohol motifs (C(OH)–C–C–N with tert-alkyl or cyclic N) is 1. The minimum absolute atomic E-state index is 0.0181. The Bertz CT molecular complexity index is 496. The number of esters is 1. The van der Waals surface area contributed by atoms with Crippen LogP contribution in [0.15, 0.2) is 0 Å². The van der Waals surface area contributed by atoms with Gasteiger partial charge in [0, 0.05) is 20.0 Å². The molecule has 0 saturated carbocycles. The minimum atomic E-state index is -1.61. The van der Waals surface area contributed by atoms with Gasteiger partial charge in [0.05, 0.1) is 26.3 Å². The van der Waals surface area contributed by atoms with Crippen molar-refractivity contribution in [3.8, 4) is 0 Å². The lowest BCUT2D eigenvalue weighted by Crippen LogP contribution is -2.62. The summed E-state index contributed by atoms with van der Waals surface area (Å²) < 4.78 is 10.2. The molecule has 0 aromatic rings. The van der Waals surface area contributed by atoms with Crippen molar-refractivity contribution < 1.29 is 29.0 Å². The smallest absolute Gasteiger partial charge is 0.336 e. The molecule has 1 unspecified atom stereocenters. The van der Waals surface area contributed by atoms with Crippen LogP contribution in [0.3, 0.4) is 0 Å². The van der Waals surface area contributed by atoms with Crippen LogP contribution in [0.2, 0.25) is 0 Å². The number of ether oxygens (including phenoxy) is 2. The van der Waals surface area contributed by atoms with E-state index in [1.807, 2.05) is 0 Å². The van der Waals surface area contributed by atoms with E-state index in [1.54, 1.807) is 6.92 Å². The van der Waals surface area contributed by atoms with Crippen molar-refractivity contribution in [2.75, 3.05) is 33.3 Å². The van der Waals surface area contributed by atoms with Gasteiger partial charge in [0.1, 0.15) is 0 Å². The van der Waals surface area contributed by atoms with Crippen molar-refractivity contribution in [3.63, 3.8) is 0 Å². The van der Waals surface area contributed by atoms with E-state index in [0.29, 0.717) is 19.4 Å². The molecule has 130 valence electrons. The molecule has 0 spiro atoms. The second-order valence-electron chi connectivity index (χ2n) is 6.24. The van der Waals surface area contributed by atoms with Crippen molar-refractivity contribution in [1.29, 1.82) is 0 Å². The summed E-state index contributed by atoms with van der Waals surface area (Å²) in [6.07, 6.45) is -0.344. The number of morpholine rings is 1. The van der Waals surface area contributed by atoms with Crippen molar-refractivity contribution >= 4 is 17.8 Å². The Hall–Kier alpha value is -1.67. The standard InChI is InChI=1S/C15H24N2O6/c1-10-7-17(8-12(23-10)13(19)22-3)14(20)15(21)5-4-6-16(9-15)11(2)18/h10,12,21H,4-9H2,1-3H3/t10-,12+,15?/m1/s1. The Labute approximate surface area is 135 Å². The number of nitrogens with zero attached hydrogens (tertiary/aromatic N) is 2. The summed E-state index contributed by atoms with van der Waals surface area (Å²) in [6.45, 7) is 4.01. The average Bonchev–Trinajstić information content (AvgIpc) is 2.52. The number of amides is 2. The molecule has 0 aromatic heterocycles.